The Morgan fingerprint density at radius 2 is 2.09 bits per heavy atom. The predicted octanol–water partition coefficient (Wildman–Crippen LogP) is 2.07. The molecule has 0 aromatic rings. The monoisotopic (exact) mass is 173 g/mol. The molecule has 2 heteroatoms. The highest BCUT2D eigenvalue weighted by molar-refractivity contribution is 7.56. The third kappa shape index (κ3) is 2.72. The zero-order chi connectivity index (χ0) is 8.43. The molecule has 2 unspecified atom stereocenters. The molecule has 1 rings (SSSR count). The van der Waals surface area contributed by atoms with Gasteiger partial charge in [-0.15, -0.1) is 7.92 Å². The first-order chi connectivity index (χ1) is 5.09. The van der Waals surface area contributed by atoms with Crippen molar-refractivity contribution in [2.45, 2.75) is 19.4 Å². The van der Waals surface area contributed by atoms with Crippen molar-refractivity contribution in [3.8, 4) is 0 Å². The molecule has 1 heterocycles. The zero-order valence-electron chi connectivity index (χ0n) is 8.17. The number of nitrogens with zero attached hydrogens (tertiary/aromatic N) is 1. The van der Waals surface area contributed by atoms with Crippen molar-refractivity contribution in [2.24, 2.45) is 5.92 Å². The molecule has 0 N–H and O–H groups in total. The van der Waals surface area contributed by atoms with Gasteiger partial charge in [0.2, 0.25) is 0 Å². The lowest BCUT2D eigenvalue weighted by molar-refractivity contribution is 0.330. The van der Waals surface area contributed by atoms with Gasteiger partial charge in [0.15, 0.2) is 0 Å². The summed E-state index contributed by atoms with van der Waals surface area (Å²) in [5.41, 5.74) is 0. The molecule has 66 valence electrons. The number of hydrogen-bond donors (Lipinski definition) is 0. The van der Waals surface area contributed by atoms with Gasteiger partial charge >= 0.3 is 0 Å². The Balaban J connectivity index is 2.34. The van der Waals surface area contributed by atoms with Gasteiger partial charge in [-0.1, -0.05) is 6.92 Å². The van der Waals surface area contributed by atoms with Gasteiger partial charge < -0.3 is 4.90 Å². The van der Waals surface area contributed by atoms with Gasteiger partial charge in [-0.3, -0.25) is 0 Å². The van der Waals surface area contributed by atoms with E-state index < -0.39 is 0 Å². The summed E-state index contributed by atoms with van der Waals surface area (Å²) in [5, 5.41) is 0. The zero-order valence-corrected chi connectivity index (χ0v) is 9.06. The van der Waals surface area contributed by atoms with Crippen molar-refractivity contribution in [1.82, 2.24) is 4.90 Å². The lowest BCUT2D eigenvalue weighted by atomic mass is 10.1. The van der Waals surface area contributed by atoms with Gasteiger partial charge in [-0.2, -0.15) is 0 Å². The quantitative estimate of drug-likeness (QED) is 0.578. The van der Waals surface area contributed by atoms with Crippen LogP contribution in [-0.4, -0.2) is 44.0 Å². The molecule has 1 aliphatic rings. The van der Waals surface area contributed by atoms with E-state index in [0.717, 1.165) is 12.0 Å². The maximum absolute atomic E-state index is 2.53. The maximum atomic E-state index is 2.53. The number of hydrogen-bond acceptors (Lipinski definition) is 1. The summed E-state index contributed by atoms with van der Waals surface area (Å²) in [5.74, 6) is 0.931. The highest BCUT2D eigenvalue weighted by atomic mass is 31.1. The van der Waals surface area contributed by atoms with Crippen LogP contribution in [-0.2, 0) is 0 Å². The molecule has 0 aromatic heterocycles. The summed E-state index contributed by atoms with van der Waals surface area (Å²) in [4.78, 5) is 2.53. The molecule has 0 aliphatic carbocycles. The molecule has 11 heavy (non-hydrogen) atoms. The van der Waals surface area contributed by atoms with E-state index in [1.165, 1.54) is 19.1 Å². The lowest BCUT2D eigenvalue weighted by Gasteiger charge is -2.20. The van der Waals surface area contributed by atoms with Crippen molar-refractivity contribution in [2.75, 3.05) is 33.1 Å². The van der Waals surface area contributed by atoms with Gasteiger partial charge in [-0.05, 0) is 38.9 Å². The molecule has 1 nitrogen and oxygen atoms in total. The van der Waals surface area contributed by atoms with Crippen LogP contribution in [0.2, 0.25) is 0 Å². The topological polar surface area (TPSA) is 3.24 Å². The van der Waals surface area contributed by atoms with Crippen LogP contribution in [0.25, 0.3) is 0 Å². The molecular weight excluding hydrogens is 153 g/mol. The molecule has 0 radical (unpaired) electrons. The van der Waals surface area contributed by atoms with Crippen LogP contribution in [0.4, 0.5) is 0 Å². The van der Waals surface area contributed by atoms with Crippen molar-refractivity contribution in [3.63, 3.8) is 0 Å². The summed E-state index contributed by atoms with van der Waals surface area (Å²) < 4.78 is 0. The van der Waals surface area contributed by atoms with Crippen molar-refractivity contribution < 1.29 is 0 Å². The molecular formula is C9H20NP. The Bertz CT molecular complexity index is 125. The van der Waals surface area contributed by atoms with E-state index in [4.69, 9.17) is 0 Å². The molecule has 0 bridgehead atoms. The fraction of sp³-hybridized carbons (Fsp3) is 1.00. The Kier molecular flexibility index (Phi) is 3.33. The van der Waals surface area contributed by atoms with Crippen LogP contribution >= 0.6 is 7.92 Å². The van der Waals surface area contributed by atoms with E-state index in [0.29, 0.717) is 7.92 Å². The van der Waals surface area contributed by atoms with Gasteiger partial charge in [-0.25, -0.2) is 0 Å². The largest absolute Gasteiger partial charge is 0.303 e. The second kappa shape index (κ2) is 3.87. The van der Waals surface area contributed by atoms with Gasteiger partial charge in [0.05, 0.1) is 0 Å². The number of rotatable bonds is 2. The average Bonchev–Trinajstić information content (AvgIpc) is 2.09. The summed E-state index contributed by atoms with van der Waals surface area (Å²) in [6, 6.07) is 0.895. The van der Waals surface area contributed by atoms with Crippen molar-refractivity contribution >= 4 is 7.92 Å². The van der Waals surface area contributed by atoms with Gasteiger partial charge in [0, 0.05) is 12.6 Å². The van der Waals surface area contributed by atoms with Gasteiger partial charge in [0.25, 0.3) is 0 Å². The average molecular weight is 173 g/mol. The number of likely N-dealkylation sites (tertiary alicyclic amines) is 1. The van der Waals surface area contributed by atoms with Crippen LogP contribution in [0.5, 0.6) is 0 Å². The molecule has 0 saturated carbocycles. The minimum atomic E-state index is 0.301. The van der Waals surface area contributed by atoms with E-state index in [-0.39, 0.29) is 0 Å². The lowest BCUT2D eigenvalue weighted by Crippen LogP contribution is -2.27. The third-order valence-corrected chi connectivity index (χ3v) is 3.63. The second-order valence-electron chi connectivity index (χ2n) is 4.20. The van der Waals surface area contributed by atoms with Crippen LogP contribution in [0.1, 0.15) is 13.3 Å². The van der Waals surface area contributed by atoms with Crippen LogP contribution in [0, 0.1) is 5.92 Å². The highest BCUT2D eigenvalue weighted by Gasteiger charge is 2.26. The first-order valence-electron chi connectivity index (χ1n) is 4.44. The highest BCUT2D eigenvalue weighted by Crippen LogP contribution is 2.32. The van der Waals surface area contributed by atoms with E-state index in [1.807, 2.05) is 0 Å². The fourth-order valence-corrected chi connectivity index (χ4v) is 3.27. The van der Waals surface area contributed by atoms with Crippen LogP contribution < -0.4 is 0 Å². The fourth-order valence-electron chi connectivity index (χ4n) is 2.00. The summed E-state index contributed by atoms with van der Waals surface area (Å²) in [7, 11) is 2.57. The molecule has 0 aromatic carbocycles. The summed E-state index contributed by atoms with van der Waals surface area (Å²) in [6.07, 6.45) is 2.87. The Labute approximate surface area is 71.9 Å². The Morgan fingerprint density at radius 3 is 2.45 bits per heavy atom. The van der Waals surface area contributed by atoms with E-state index in [9.17, 15) is 0 Å². The summed E-state index contributed by atoms with van der Waals surface area (Å²) in [6.45, 7) is 8.44. The molecule has 0 spiro atoms. The Hall–Kier alpha value is 0.390. The minimum Gasteiger partial charge on any atom is -0.303 e. The SMILES string of the molecule is CC1CC(CP(C)C)N(C)C1. The first kappa shape index (κ1) is 9.48. The predicted molar refractivity (Wildman–Crippen MR) is 53.8 cm³/mol. The molecule has 1 saturated heterocycles. The Morgan fingerprint density at radius 1 is 1.45 bits per heavy atom. The standard InChI is InChI=1S/C9H20NP/c1-8-5-9(7-11(3)4)10(2)6-8/h8-9H,5-7H2,1-4H3. The summed E-state index contributed by atoms with van der Waals surface area (Å²) >= 11 is 0. The molecule has 1 fully saturated rings. The van der Waals surface area contributed by atoms with Crippen LogP contribution in [0.3, 0.4) is 0 Å². The second-order valence-corrected chi connectivity index (χ2v) is 6.72. The maximum Gasteiger partial charge on any atom is 0.0134 e. The third-order valence-electron chi connectivity index (χ3n) is 2.47. The van der Waals surface area contributed by atoms with E-state index >= 15 is 0 Å². The van der Waals surface area contributed by atoms with Crippen molar-refractivity contribution in [1.29, 1.82) is 0 Å². The minimum absolute atomic E-state index is 0.301. The van der Waals surface area contributed by atoms with E-state index in [2.05, 4.69) is 32.2 Å². The molecule has 0 amide bonds. The molecule has 2 atom stereocenters. The van der Waals surface area contributed by atoms with Gasteiger partial charge in [0.1, 0.15) is 0 Å². The smallest absolute Gasteiger partial charge is 0.0134 e. The van der Waals surface area contributed by atoms with Crippen LogP contribution in [0.15, 0.2) is 0 Å². The first-order valence-corrected chi connectivity index (χ1v) is 6.86. The van der Waals surface area contributed by atoms with E-state index in [1.54, 1.807) is 0 Å². The van der Waals surface area contributed by atoms with Crippen molar-refractivity contribution in [3.05, 3.63) is 0 Å². The normalized spacial score (nSPS) is 33.5. The molecule has 1 aliphatic heterocycles.